The Labute approximate surface area is 172 Å². The summed E-state index contributed by atoms with van der Waals surface area (Å²) < 4.78 is 58.7. The largest absolute Gasteiger partial charge is 0.451 e. The molecule has 0 radical (unpaired) electrons. The SMILES string of the molecule is O=C(c1ccc(-c2ccc(F)cc2)o1)N1CCN(S(=O)(=O)c2cccc(F)c2)CC1. The van der Waals surface area contributed by atoms with E-state index in [0.717, 1.165) is 6.07 Å². The maximum absolute atomic E-state index is 13.4. The van der Waals surface area contributed by atoms with E-state index < -0.39 is 15.8 Å². The lowest BCUT2D eigenvalue weighted by molar-refractivity contribution is 0.0667. The Kier molecular flexibility index (Phi) is 5.40. The summed E-state index contributed by atoms with van der Waals surface area (Å²) in [5, 5.41) is 0. The maximum Gasteiger partial charge on any atom is 0.289 e. The van der Waals surface area contributed by atoms with Crippen LogP contribution in [0.15, 0.2) is 70.0 Å². The number of amides is 1. The van der Waals surface area contributed by atoms with Gasteiger partial charge in [-0.2, -0.15) is 4.31 Å². The topological polar surface area (TPSA) is 70.8 Å². The van der Waals surface area contributed by atoms with Crippen molar-refractivity contribution in [1.82, 2.24) is 9.21 Å². The van der Waals surface area contributed by atoms with Gasteiger partial charge in [0.2, 0.25) is 10.0 Å². The molecule has 1 fully saturated rings. The molecule has 6 nitrogen and oxygen atoms in total. The number of hydrogen-bond donors (Lipinski definition) is 0. The molecule has 0 bridgehead atoms. The minimum atomic E-state index is -3.83. The second-order valence-electron chi connectivity index (χ2n) is 6.82. The zero-order chi connectivity index (χ0) is 21.3. The van der Waals surface area contributed by atoms with Crippen molar-refractivity contribution in [1.29, 1.82) is 0 Å². The molecule has 30 heavy (non-hydrogen) atoms. The fourth-order valence-electron chi connectivity index (χ4n) is 3.29. The van der Waals surface area contributed by atoms with Gasteiger partial charge in [0.15, 0.2) is 5.76 Å². The Bertz CT molecular complexity index is 1170. The summed E-state index contributed by atoms with van der Waals surface area (Å²) in [4.78, 5) is 14.1. The van der Waals surface area contributed by atoms with Gasteiger partial charge in [0.1, 0.15) is 17.4 Å². The van der Waals surface area contributed by atoms with Crippen LogP contribution in [0, 0.1) is 11.6 Å². The molecule has 3 aromatic rings. The van der Waals surface area contributed by atoms with Crippen LogP contribution in [-0.2, 0) is 10.0 Å². The molecule has 2 aromatic carbocycles. The minimum absolute atomic E-state index is 0.0934. The van der Waals surface area contributed by atoms with Gasteiger partial charge in [0.25, 0.3) is 5.91 Å². The summed E-state index contributed by atoms with van der Waals surface area (Å²) in [5.74, 6) is -0.792. The number of carbonyl (C=O) groups is 1. The van der Waals surface area contributed by atoms with Gasteiger partial charge in [-0.15, -0.1) is 0 Å². The first-order chi connectivity index (χ1) is 14.3. The molecular formula is C21H18F2N2O4S. The molecule has 4 rings (SSSR count). The molecule has 0 unspecified atom stereocenters. The number of hydrogen-bond acceptors (Lipinski definition) is 4. The Morgan fingerprint density at radius 2 is 1.57 bits per heavy atom. The van der Waals surface area contributed by atoms with Gasteiger partial charge in [-0.1, -0.05) is 6.07 Å². The van der Waals surface area contributed by atoms with Crippen LogP contribution in [-0.4, -0.2) is 49.7 Å². The first-order valence-electron chi connectivity index (χ1n) is 9.25. The van der Waals surface area contributed by atoms with E-state index >= 15 is 0 Å². The van der Waals surface area contributed by atoms with Crippen molar-refractivity contribution in [2.45, 2.75) is 4.90 Å². The molecule has 2 heterocycles. The van der Waals surface area contributed by atoms with E-state index in [4.69, 9.17) is 4.42 Å². The molecule has 0 N–H and O–H groups in total. The number of halogens is 2. The Morgan fingerprint density at radius 1 is 0.867 bits per heavy atom. The van der Waals surface area contributed by atoms with Crippen LogP contribution in [0.25, 0.3) is 11.3 Å². The van der Waals surface area contributed by atoms with Crippen molar-refractivity contribution in [3.05, 3.63) is 78.1 Å². The summed E-state index contributed by atoms with van der Waals surface area (Å²) in [6, 6.07) is 13.7. The van der Waals surface area contributed by atoms with Gasteiger partial charge in [0.05, 0.1) is 4.90 Å². The van der Waals surface area contributed by atoms with Crippen molar-refractivity contribution < 1.29 is 26.4 Å². The number of rotatable bonds is 4. The highest BCUT2D eigenvalue weighted by atomic mass is 32.2. The van der Waals surface area contributed by atoms with E-state index in [1.807, 2.05) is 0 Å². The molecule has 1 amide bonds. The lowest BCUT2D eigenvalue weighted by Gasteiger charge is -2.33. The first kappa shape index (κ1) is 20.2. The maximum atomic E-state index is 13.4. The molecule has 0 spiro atoms. The predicted octanol–water partition coefficient (Wildman–Crippen LogP) is 3.37. The lowest BCUT2D eigenvalue weighted by Crippen LogP contribution is -2.50. The van der Waals surface area contributed by atoms with Gasteiger partial charge in [-0.25, -0.2) is 17.2 Å². The third kappa shape index (κ3) is 3.99. The number of piperazine rings is 1. The summed E-state index contributed by atoms with van der Waals surface area (Å²) in [6.45, 7) is 0.548. The van der Waals surface area contributed by atoms with Crippen LogP contribution < -0.4 is 0 Å². The average molecular weight is 432 g/mol. The predicted molar refractivity (Wildman–Crippen MR) is 105 cm³/mol. The first-order valence-corrected chi connectivity index (χ1v) is 10.7. The van der Waals surface area contributed by atoms with E-state index in [-0.39, 0.29) is 48.6 Å². The number of furan rings is 1. The standard InChI is InChI=1S/C21H18F2N2O4S/c22-16-6-4-15(5-7-16)19-8-9-20(29-19)21(26)24-10-12-25(13-11-24)30(27,28)18-3-1-2-17(23)14-18/h1-9,14H,10-13H2. The van der Waals surface area contributed by atoms with Crippen LogP contribution in [0.1, 0.15) is 10.6 Å². The molecule has 0 atom stereocenters. The zero-order valence-electron chi connectivity index (χ0n) is 15.8. The van der Waals surface area contributed by atoms with Crippen LogP contribution in [0.5, 0.6) is 0 Å². The fourth-order valence-corrected chi connectivity index (χ4v) is 4.74. The number of nitrogens with zero attached hydrogens (tertiary/aromatic N) is 2. The van der Waals surface area contributed by atoms with E-state index in [1.54, 1.807) is 18.2 Å². The Morgan fingerprint density at radius 3 is 2.23 bits per heavy atom. The van der Waals surface area contributed by atoms with Crippen LogP contribution in [0.3, 0.4) is 0 Å². The Balaban J connectivity index is 1.43. The quantitative estimate of drug-likeness (QED) is 0.634. The average Bonchev–Trinajstić information content (AvgIpc) is 3.24. The van der Waals surface area contributed by atoms with E-state index in [0.29, 0.717) is 11.3 Å². The van der Waals surface area contributed by atoms with Gasteiger partial charge in [-0.3, -0.25) is 4.79 Å². The summed E-state index contributed by atoms with van der Waals surface area (Å²) >= 11 is 0. The van der Waals surface area contributed by atoms with Crippen LogP contribution >= 0.6 is 0 Å². The van der Waals surface area contributed by atoms with Crippen LogP contribution in [0.4, 0.5) is 8.78 Å². The fraction of sp³-hybridized carbons (Fsp3) is 0.190. The van der Waals surface area contributed by atoms with Crippen molar-refractivity contribution in [3.8, 4) is 11.3 Å². The molecule has 1 aliphatic heterocycles. The molecule has 1 saturated heterocycles. The smallest absolute Gasteiger partial charge is 0.289 e. The number of carbonyl (C=O) groups excluding carboxylic acids is 1. The van der Waals surface area contributed by atoms with Gasteiger partial charge in [-0.05, 0) is 54.6 Å². The highest BCUT2D eigenvalue weighted by Gasteiger charge is 2.31. The number of sulfonamides is 1. The lowest BCUT2D eigenvalue weighted by atomic mass is 10.2. The van der Waals surface area contributed by atoms with E-state index in [1.165, 1.54) is 45.6 Å². The zero-order valence-corrected chi connectivity index (χ0v) is 16.6. The van der Waals surface area contributed by atoms with Crippen molar-refractivity contribution in [3.63, 3.8) is 0 Å². The van der Waals surface area contributed by atoms with E-state index in [9.17, 15) is 22.0 Å². The molecule has 0 saturated carbocycles. The van der Waals surface area contributed by atoms with E-state index in [2.05, 4.69) is 0 Å². The summed E-state index contributed by atoms with van der Waals surface area (Å²) in [6.07, 6.45) is 0. The third-order valence-corrected chi connectivity index (χ3v) is 6.80. The third-order valence-electron chi connectivity index (χ3n) is 4.91. The van der Waals surface area contributed by atoms with Crippen molar-refractivity contribution in [2.24, 2.45) is 0 Å². The van der Waals surface area contributed by atoms with Crippen LogP contribution in [0.2, 0.25) is 0 Å². The van der Waals surface area contributed by atoms with Gasteiger partial charge < -0.3 is 9.32 Å². The minimum Gasteiger partial charge on any atom is -0.451 e. The highest BCUT2D eigenvalue weighted by Crippen LogP contribution is 2.24. The molecule has 0 aliphatic carbocycles. The molecule has 1 aromatic heterocycles. The van der Waals surface area contributed by atoms with Crippen molar-refractivity contribution in [2.75, 3.05) is 26.2 Å². The normalized spacial score (nSPS) is 15.3. The number of benzene rings is 2. The summed E-state index contributed by atoms with van der Waals surface area (Å²) in [5.41, 5.74) is 0.640. The van der Waals surface area contributed by atoms with Gasteiger partial charge >= 0.3 is 0 Å². The summed E-state index contributed by atoms with van der Waals surface area (Å²) in [7, 11) is -3.83. The second kappa shape index (κ2) is 8.00. The molecular weight excluding hydrogens is 414 g/mol. The second-order valence-corrected chi connectivity index (χ2v) is 8.76. The molecule has 9 heteroatoms. The monoisotopic (exact) mass is 432 g/mol. The molecule has 156 valence electrons. The highest BCUT2D eigenvalue weighted by molar-refractivity contribution is 7.89. The Hall–Kier alpha value is -3.04. The van der Waals surface area contributed by atoms with Crippen molar-refractivity contribution >= 4 is 15.9 Å². The van der Waals surface area contributed by atoms with Gasteiger partial charge in [0, 0.05) is 31.7 Å². The molecule has 1 aliphatic rings.